The number of aliphatic hydroxyl groups is 1. The molecule has 2 heterocycles. The molecule has 7 heteroatoms. The fourth-order valence-corrected chi connectivity index (χ4v) is 1.42. The lowest BCUT2D eigenvalue weighted by Crippen LogP contribution is -2.40. The number of piperidine rings is 1. The molecule has 0 bridgehead atoms. The summed E-state index contributed by atoms with van der Waals surface area (Å²) in [6.45, 7) is 1.59. The van der Waals surface area contributed by atoms with Crippen LogP contribution in [0.3, 0.4) is 0 Å². The van der Waals surface area contributed by atoms with Gasteiger partial charge in [0, 0.05) is 0 Å². The van der Waals surface area contributed by atoms with Crippen molar-refractivity contribution < 1.29 is 5.11 Å². The molecule has 0 atom stereocenters. The van der Waals surface area contributed by atoms with Crippen molar-refractivity contribution in [2.24, 2.45) is 0 Å². The maximum atomic E-state index is 10.0. The van der Waals surface area contributed by atoms with Crippen LogP contribution >= 0.6 is 12.4 Å². The van der Waals surface area contributed by atoms with Crippen LogP contribution in [0.25, 0.3) is 0 Å². The van der Waals surface area contributed by atoms with E-state index in [-0.39, 0.29) is 12.4 Å². The van der Waals surface area contributed by atoms with E-state index in [1.165, 1.54) is 0 Å². The van der Waals surface area contributed by atoms with Gasteiger partial charge in [0.05, 0.1) is 0 Å². The van der Waals surface area contributed by atoms with E-state index in [0.717, 1.165) is 13.1 Å². The van der Waals surface area contributed by atoms with E-state index in [9.17, 15) is 5.11 Å². The average Bonchev–Trinajstić information content (AvgIpc) is 2.58. The zero-order valence-corrected chi connectivity index (χ0v) is 7.84. The average molecular weight is 206 g/mol. The van der Waals surface area contributed by atoms with Gasteiger partial charge in [-0.25, -0.2) is 0 Å². The molecule has 0 aliphatic carbocycles. The molecule has 1 aromatic rings. The van der Waals surface area contributed by atoms with Crippen molar-refractivity contribution in [2.45, 2.75) is 18.4 Å². The van der Waals surface area contributed by atoms with E-state index in [0.29, 0.717) is 18.7 Å². The van der Waals surface area contributed by atoms with Crippen LogP contribution in [0, 0.1) is 0 Å². The molecular formula is C6H12ClN5O. The first-order chi connectivity index (χ1) is 5.81. The van der Waals surface area contributed by atoms with E-state index in [4.69, 9.17) is 0 Å². The lowest BCUT2D eigenvalue weighted by Gasteiger charge is -2.29. The summed E-state index contributed by atoms with van der Waals surface area (Å²) in [5.74, 6) is 0.406. The van der Waals surface area contributed by atoms with Crippen LogP contribution in [0.4, 0.5) is 0 Å². The van der Waals surface area contributed by atoms with Gasteiger partial charge >= 0.3 is 0 Å². The van der Waals surface area contributed by atoms with Gasteiger partial charge in [-0.3, -0.25) is 0 Å². The Bertz CT molecular complexity index is 246. The number of aromatic amines is 1. The van der Waals surface area contributed by atoms with Crippen molar-refractivity contribution in [3.63, 3.8) is 0 Å². The topological polar surface area (TPSA) is 86.7 Å². The normalized spacial score (nSPS) is 20.7. The van der Waals surface area contributed by atoms with Crippen LogP contribution < -0.4 is 5.32 Å². The van der Waals surface area contributed by atoms with Crippen LogP contribution in [0.15, 0.2) is 0 Å². The van der Waals surface area contributed by atoms with Gasteiger partial charge < -0.3 is 10.4 Å². The molecule has 1 aliphatic heterocycles. The molecule has 0 spiro atoms. The lowest BCUT2D eigenvalue weighted by atomic mass is 9.92. The third-order valence-electron chi connectivity index (χ3n) is 2.19. The quantitative estimate of drug-likeness (QED) is 0.559. The second kappa shape index (κ2) is 3.99. The number of nitrogens with zero attached hydrogens (tertiary/aromatic N) is 3. The molecule has 1 fully saturated rings. The molecular weight excluding hydrogens is 194 g/mol. The van der Waals surface area contributed by atoms with Crippen LogP contribution in [0.5, 0.6) is 0 Å². The number of rotatable bonds is 1. The van der Waals surface area contributed by atoms with Crippen molar-refractivity contribution >= 4 is 12.4 Å². The molecule has 0 saturated carbocycles. The first-order valence-corrected chi connectivity index (χ1v) is 3.98. The van der Waals surface area contributed by atoms with Crippen LogP contribution in [-0.2, 0) is 5.60 Å². The molecule has 1 aliphatic rings. The smallest absolute Gasteiger partial charge is 0.206 e. The first kappa shape index (κ1) is 10.4. The summed E-state index contributed by atoms with van der Waals surface area (Å²) in [4.78, 5) is 0. The standard InChI is InChI=1S/C6H11N5O.ClH/c12-6(1-3-7-4-2-6)5-8-10-11-9-5;/h7,12H,1-4H2,(H,8,9,10,11);1H. The Balaban J connectivity index is 0.000000845. The van der Waals surface area contributed by atoms with E-state index in [1.54, 1.807) is 0 Å². The number of aromatic nitrogens is 4. The molecule has 3 N–H and O–H groups in total. The van der Waals surface area contributed by atoms with Gasteiger partial charge in [-0.1, -0.05) is 5.21 Å². The number of nitrogens with one attached hydrogen (secondary N) is 2. The van der Waals surface area contributed by atoms with Crippen LogP contribution in [0.1, 0.15) is 18.7 Å². The van der Waals surface area contributed by atoms with Gasteiger partial charge in [-0.2, -0.15) is 5.21 Å². The fraction of sp³-hybridized carbons (Fsp3) is 0.833. The Morgan fingerprint density at radius 1 is 1.31 bits per heavy atom. The van der Waals surface area contributed by atoms with E-state index in [1.807, 2.05) is 0 Å². The summed E-state index contributed by atoms with van der Waals surface area (Å²) < 4.78 is 0. The van der Waals surface area contributed by atoms with Gasteiger partial charge in [0.2, 0.25) is 5.82 Å². The fourth-order valence-electron chi connectivity index (χ4n) is 1.42. The van der Waals surface area contributed by atoms with E-state index < -0.39 is 5.60 Å². The Kier molecular flexibility index (Phi) is 3.18. The Hall–Kier alpha value is -0.720. The van der Waals surface area contributed by atoms with Gasteiger partial charge in [0.25, 0.3) is 0 Å². The zero-order valence-electron chi connectivity index (χ0n) is 7.03. The van der Waals surface area contributed by atoms with Crippen molar-refractivity contribution in [1.82, 2.24) is 25.9 Å². The molecule has 13 heavy (non-hydrogen) atoms. The van der Waals surface area contributed by atoms with Crippen molar-refractivity contribution in [2.75, 3.05) is 13.1 Å². The molecule has 74 valence electrons. The number of tetrazole rings is 1. The maximum absolute atomic E-state index is 10.0. The zero-order chi connectivity index (χ0) is 8.44. The van der Waals surface area contributed by atoms with Crippen molar-refractivity contribution in [3.05, 3.63) is 5.82 Å². The minimum atomic E-state index is -0.877. The molecule has 0 unspecified atom stereocenters. The van der Waals surface area contributed by atoms with E-state index >= 15 is 0 Å². The second-order valence-corrected chi connectivity index (χ2v) is 3.02. The van der Waals surface area contributed by atoms with Gasteiger partial charge in [0.1, 0.15) is 5.60 Å². The minimum Gasteiger partial charge on any atom is -0.382 e. The predicted octanol–water partition coefficient (Wildman–Crippen LogP) is -0.808. The molecule has 0 aromatic carbocycles. The minimum absolute atomic E-state index is 0. The number of halogens is 1. The van der Waals surface area contributed by atoms with Gasteiger partial charge in [-0.05, 0) is 25.9 Å². The molecule has 1 saturated heterocycles. The Morgan fingerprint density at radius 2 is 2.00 bits per heavy atom. The van der Waals surface area contributed by atoms with Gasteiger partial charge in [-0.15, -0.1) is 22.6 Å². The monoisotopic (exact) mass is 205 g/mol. The summed E-state index contributed by atoms with van der Waals surface area (Å²) in [6.07, 6.45) is 1.29. The molecule has 0 amide bonds. The van der Waals surface area contributed by atoms with Crippen LogP contribution in [0.2, 0.25) is 0 Å². The highest BCUT2D eigenvalue weighted by molar-refractivity contribution is 5.85. The Labute approximate surface area is 81.5 Å². The first-order valence-electron chi connectivity index (χ1n) is 3.98. The van der Waals surface area contributed by atoms with Crippen LogP contribution in [-0.4, -0.2) is 38.8 Å². The lowest BCUT2D eigenvalue weighted by molar-refractivity contribution is -0.00245. The highest BCUT2D eigenvalue weighted by Gasteiger charge is 2.34. The van der Waals surface area contributed by atoms with Gasteiger partial charge in [0.15, 0.2) is 0 Å². The summed E-state index contributed by atoms with van der Waals surface area (Å²) in [6, 6.07) is 0. The third-order valence-corrected chi connectivity index (χ3v) is 2.19. The largest absolute Gasteiger partial charge is 0.382 e. The second-order valence-electron chi connectivity index (χ2n) is 3.02. The number of hydrogen-bond donors (Lipinski definition) is 3. The molecule has 1 aromatic heterocycles. The third kappa shape index (κ3) is 1.96. The summed E-state index contributed by atoms with van der Waals surface area (Å²) in [7, 11) is 0. The summed E-state index contributed by atoms with van der Waals surface area (Å²) in [5.41, 5.74) is -0.877. The highest BCUT2D eigenvalue weighted by atomic mass is 35.5. The van der Waals surface area contributed by atoms with E-state index in [2.05, 4.69) is 25.9 Å². The number of H-pyrrole nitrogens is 1. The predicted molar refractivity (Wildman–Crippen MR) is 47.4 cm³/mol. The summed E-state index contributed by atoms with van der Waals surface area (Å²) in [5, 5.41) is 26.5. The Morgan fingerprint density at radius 3 is 2.54 bits per heavy atom. The maximum Gasteiger partial charge on any atom is 0.206 e. The van der Waals surface area contributed by atoms with Crippen molar-refractivity contribution in [3.8, 4) is 0 Å². The SMILES string of the molecule is Cl.OC1(c2nn[nH]n2)CCNCC1. The molecule has 2 rings (SSSR count). The molecule has 6 nitrogen and oxygen atoms in total. The number of hydrogen-bond acceptors (Lipinski definition) is 5. The van der Waals surface area contributed by atoms with Crippen molar-refractivity contribution in [1.29, 1.82) is 0 Å². The summed E-state index contributed by atoms with van der Waals surface area (Å²) >= 11 is 0. The highest BCUT2D eigenvalue weighted by Crippen LogP contribution is 2.26. The molecule has 0 radical (unpaired) electrons.